The highest BCUT2D eigenvalue weighted by Crippen LogP contribution is 2.17. The molecule has 2 N–H and O–H groups in total. The zero-order valence-electron chi connectivity index (χ0n) is 6.74. The summed E-state index contributed by atoms with van der Waals surface area (Å²) in [5.74, 6) is -0.0266. The molecule has 0 bridgehead atoms. The first kappa shape index (κ1) is 8.66. The number of nitro groups is 1. The molecular formula is C6H9N3O3. The third kappa shape index (κ3) is 1.59. The molecule has 0 aromatic carbocycles. The van der Waals surface area contributed by atoms with Crippen molar-refractivity contribution < 1.29 is 10.0 Å². The number of aliphatic hydroxyl groups is 1. The number of H-pyrrole nitrogens is 1. The summed E-state index contributed by atoms with van der Waals surface area (Å²) in [5, 5.41) is 19.6. The zero-order valence-corrected chi connectivity index (χ0v) is 6.74. The summed E-state index contributed by atoms with van der Waals surface area (Å²) >= 11 is 0. The van der Waals surface area contributed by atoms with E-state index in [0.29, 0.717) is 0 Å². The first-order valence-corrected chi connectivity index (χ1v) is 3.33. The van der Waals surface area contributed by atoms with Crippen molar-refractivity contribution in [1.82, 2.24) is 9.97 Å². The molecule has 0 fully saturated rings. The lowest BCUT2D eigenvalue weighted by Crippen LogP contribution is -2.17. The van der Waals surface area contributed by atoms with Crippen molar-refractivity contribution in [3.05, 3.63) is 22.1 Å². The molecule has 66 valence electrons. The van der Waals surface area contributed by atoms with Crippen LogP contribution in [-0.4, -0.2) is 20.0 Å². The largest absolute Gasteiger partial charge is 0.380 e. The fraction of sp³-hybridized carbons (Fsp3) is 0.500. The summed E-state index contributed by atoms with van der Waals surface area (Å²) in [6.45, 7) is 2.99. The molecule has 6 nitrogen and oxygen atoms in total. The van der Waals surface area contributed by atoms with Crippen LogP contribution in [0.5, 0.6) is 0 Å². The van der Waals surface area contributed by atoms with E-state index < -0.39 is 10.5 Å². The fourth-order valence-corrected chi connectivity index (χ4v) is 0.715. The molecule has 12 heavy (non-hydrogen) atoms. The zero-order chi connectivity index (χ0) is 9.35. The highest BCUT2D eigenvalue weighted by molar-refractivity contribution is 5.17. The first-order valence-electron chi connectivity index (χ1n) is 3.33. The van der Waals surface area contributed by atoms with Gasteiger partial charge in [-0.15, -0.1) is 0 Å². The van der Waals surface area contributed by atoms with E-state index in [1.165, 1.54) is 13.8 Å². The molecule has 1 aromatic heterocycles. The van der Waals surface area contributed by atoms with E-state index in [2.05, 4.69) is 9.97 Å². The highest BCUT2D eigenvalue weighted by atomic mass is 16.6. The van der Waals surface area contributed by atoms with E-state index in [9.17, 15) is 15.2 Å². The van der Waals surface area contributed by atoms with Gasteiger partial charge in [0.1, 0.15) is 11.8 Å². The molecule has 1 aromatic rings. The molecule has 0 unspecified atom stereocenters. The van der Waals surface area contributed by atoms with Crippen LogP contribution in [0.1, 0.15) is 19.7 Å². The SMILES string of the molecule is CC(C)(O)c1ncc([N+](=O)[O-])[nH]1. The minimum atomic E-state index is -1.17. The van der Waals surface area contributed by atoms with Gasteiger partial charge in [0.05, 0.1) is 0 Å². The number of nitrogens with one attached hydrogen (secondary N) is 1. The number of nitrogens with zero attached hydrogens (tertiary/aromatic N) is 2. The molecule has 0 amide bonds. The lowest BCUT2D eigenvalue weighted by Gasteiger charge is -2.09. The predicted octanol–water partition coefficient (Wildman–Crippen LogP) is 0.545. The van der Waals surface area contributed by atoms with Crippen LogP contribution in [0.15, 0.2) is 6.20 Å². The molecule has 1 rings (SSSR count). The van der Waals surface area contributed by atoms with Crippen LogP contribution in [0.3, 0.4) is 0 Å². The molecule has 0 spiro atoms. The average Bonchev–Trinajstić information content (AvgIpc) is 2.30. The van der Waals surface area contributed by atoms with E-state index in [1.54, 1.807) is 0 Å². The predicted molar refractivity (Wildman–Crippen MR) is 40.5 cm³/mol. The molecule has 0 saturated heterocycles. The highest BCUT2D eigenvalue weighted by Gasteiger charge is 2.24. The van der Waals surface area contributed by atoms with Crippen LogP contribution in [-0.2, 0) is 5.60 Å². The molecule has 0 saturated carbocycles. The molecule has 1 heterocycles. The number of aromatic amines is 1. The minimum Gasteiger partial charge on any atom is -0.380 e. The van der Waals surface area contributed by atoms with Gasteiger partial charge in [-0.2, -0.15) is 0 Å². The maximum absolute atomic E-state index is 10.2. The van der Waals surface area contributed by atoms with Gasteiger partial charge in [0.25, 0.3) is 0 Å². The third-order valence-corrected chi connectivity index (χ3v) is 1.34. The smallest absolute Gasteiger partial charge is 0.340 e. The van der Waals surface area contributed by atoms with Gasteiger partial charge < -0.3 is 15.2 Å². The van der Waals surface area contributed by atoms with Crippen molar-refractivity contribution in [1.29, 1.82) is 0 Å². The van der Waals surface area contributed by atoms with Crippen LogP contribution >= 0.6 is 0 Å². The lowest BCUT2D eigenvalue weighted by atomic mass is 10.1. The van der Waals surface area contributed by atoms with Crippen molar-refractivity contribution >= 4 is 5.82 Å². The summed E-state index contributed by atoms with van der Waals surface area (Å²) in [5.41, 5.74) is -1.17. The summed E-state index contributed by atoms with van der Waals surface area (Å²) < 4.78 is 0. The van der Waals surface area contributed by atoms with Gasteiger partial charge in [-0.05, 0) is 18.8 Å². The Morgan fingerprint density at radius 1 is 1.75 bits per heavy atom. The maximum atomic E-state index is 10.2. The molecule has 6 heteroatoms. The molecule has 0 aliphatic carbocycles. The van der Waals surface area contributed by atoms with Crippen molar-refractivity contribution in [2.24, 2.45) is 0 Å². The van der Waals surface area contributed by atoms with Crippen molar-refractivity contribution in [3.8, 4) is 0 Å². The Morgan fingerprint density at radius 2 is 2.33 bits per heavy atom. The third-order valence-electron chi connectivity index (χ3n) is 1.34. The summed E-state index contributed by atoms with van der Waals surface area (Å²) in [4.78, 5) is 15.7. The van der Waals surface area contributed by atoms with Gasteiger partial charge in [-0.25, -0.2) is 9.97 Å². The topological polar surface area (TPSA) is 92.1 Å². The van der Waals surface area contributed by atoms with Gasteiger partial charge in [0.2, 0.25) is 5.82 Å². The first-order chi connectivity index (χ1) is 5.41. The molecule has 0 atom stereocenters. The second-order valence-corrected chi connectivity index (χ2v) is 2.93. The number of hydrogen-bond donors (Lipinski definition) is 2. The minimum absolute atomic E-state index is 0.189. The monoisotopic (exact) mass is 171 g/mol. The van der Waals surface area contributed by atoms with Gasteiger partial charge in [0.15, 0.2) is 0 Å². The Kier molecular flexibility index (Phi) is 1.85. The van der Waals surface area contributed by atoms with Crippen molar-refractivity contribution in [3.63, 3.8) is 0 Å². The normalized spacial score (nSPS) is 11.6. The van der Waals surface area contributed by atoms with E-state index in [0.717, 1.165) is 6.20 Å². The van der Waals surface area contributed by atoms with Crippen LogP contribution in [0, 0.1) is 10.1 Å². The second kappa shape index (κ2) is 2.56. The standard InChI is InChI=1S/C6H9N3O3/c1-6(2,10)5-7-3-4(8-5)9(11)12/h3,10H,1-2H3,(H,7,8). The molecule has 0 aliphatic heterocycles. The van der Waals surface area contributed by atoms with Crippen molar-refractivity contribution in [2.45, 2.75) is 19.4 Å². The quantitative estimate of drug-likeness (QED) is 0.501. The Bertz CT molecular complexity index is 299. The van der Waals surface area contributed by atoms with Gasteiger partial charge in [-0.3, -0.25) is 0 Å². The van der Waals surface area contributed by atoms with E-state index >= 15 is 0 Å². The van der Waals surface area contributed by atoms with Crippen LogP contribution in [0.2, 0.25) is 0 Å². The van der Waals surface area contributed by atoms with Crippen molar-refractivity contribution in [2.75, 3.05) is 0 Å². The Hall–Kier alpha value is -1.43. The summed E-state index contributed by atoms with van der Waals surface area (Å²) in [6, 6.07) is 0. The molecule has 0 radical (unpaired) electrons. The average molecular weight is 171 g/mol. The van der Waals surface area contributed by atoms with Gasteiger partial charge >= 0.3 is 5.82 Å². The number of rotatable bonds is 2. The maximum Gasteiger partial charge on any atom is 0.340 e. The Labute approximate surface area is 68.4 Å². The molecular weight excluding hydrogens is 162 g/mol. The van der Waals surface area contributed by atoms with E-state index in [4.69, 9.17) is 0 Å². The lowest BCUT2D eigenvalue weighted by molar-refractivity contribution is -0.389. The van der Waals surface area contributed by atoms with Crippen LogP contribution in [0.25, 0.3) is 0 Å². The number of aromatic nitrogens is 2. The molecule has 0 aliphatic rings. The number of hydrogen-bond acceptors (Lipinski definition) is 4. The number of imidazole rings is 1. The fourth-order valence-electron chi connectivity index (χ4n) is 0.715. The second-order valence-electron chi connectivity index (χ2n) is 2.93. The van der Waals surface area contributed by atoms with E-state index in [-0.39, 0.29) is 11.6 Å². The summed E-state index contributed by atoms with van der Waals surface area (Å²) in [6.07, 6.45) is 1.08. The van der Waals surface area contributed by atoms with Crippen LogP contribution < -0.4 is 0 Å². The van der Waals surface area contributed by atoms with Gasteiger partial charge in [-0.1, -0.05) is 0 Å². The Balaban J connectivity index is 3.00. The van der Waals surface area contributed by atoms with Gasteiger partial charge in [0, 0.05) is 0 Å². The van der Waals surface area contributed by atoms with E-state index in [1.807, 2.05) is 0 Å². The summed E-state index contributed by atoms with van der Waals surface area (Å²) in [7, 11) is 0. The Morgan fingerprint density at radius 3 is 2.58 bits per heavy atom. The van der Waals surface area contributed by atoms with Crippen LogP contribution in [0.4, 0.5) is 5.82 Å².